The molecule has 0 aliphatic heterocycles. The van der Waals surface area contributed by atoms with E-state index in [1.807, 2.05) is 31.2 Å². The largest absolute Gasteiger partial charge is 0.469 e. The van der Waals surface area contributed by atoms with Gasteiger partial charge in [0.15, 0.2) is 0 Å². The summed E-state index contributed by atoms with van der Waals surface area (Å²) >= 11 is 0. The molecule has 104 valence electrons. The fraction of sp³-hybridized carbons (Fsp3) is 0.312. The average molecular weight is 270 g/mol. The van der Waals surface area contributed by atoms with Gasteiger partial charge >= 0.3 is 0 Å². The van der Waals surface area contributed by atoms with Gasteiger partial charge in [-0.05, 0) is 43.5 Å². The van der Waals surface area contributed by atoms with E-state index in [0.717, 1.165) is 18.0 Å². The van der Waals surface area contributed by atoms with E-state index in [0.29, 0.717) is 11.6 Å². The first kappa shape index (κ1) is 12.9. The van der Waals surface area contributed by atoms with Gasteiger partial charge in [0, 0.05) is 18.3 Å². The van der Waals surface area contributed by atoms with Gasteiger partial charge in [-0.1, -0.05) is 12.1 Å². The Morgan fingerprint density at radius 3 is 2.65 bits per heavy atom. The highest BCUT2D eigenvalue weighted by atomic mass is 16.3. The molecule has 1 amide bonds. The molecule has 0 radical (unpaired) electrons. The Kier molecular flexibility index (Phi) is 3.56. The molecule has 2 aromatic rings. The maximum atomic E-state index is 12.0. The fourth-order valence-electron chi connectivity index (χ4n) is 2.02. The molecule has 1 fully saturated rings. The summed E-state index contributed by atoms with van der Waals surface area (Å²) in [5, 5.41) is 6.32. The number of furan rings is 1. The van der Waals surface area contributed by atoms with Crippen LogP contribution in [0.3, 0.4) is 0 Å². The minimum Gasteiger partial charge on any atom is -0.469 e. The quantitative estimate of drug-likeness (QED) is 0.877. The van der Waals surface area contributed by atoms with Crippen LogP contribution < -0.4 is 10.6 Å². The molecule has 2 N–H and O–H groups in total. The normalized spacial score (nSPS) is 14.2. The molecule has 1 aromatic carbocycles. The Morgan fingerprint density at radius 2 is 2.05 bits per heavy atom. The maximum absolute atomic E-state index is 12.0. The minimum absolute atomic E-state index is 0.147. The van der Waals surface area contributed by atoms with Crippen LogP contribution in [0, 0.1) is 6.92 Å². The summed E-state index contributed by atoms with van der Waals surface area (Å²) in [5.74, 6) is 0.586. The number of nitrogens with one attached hydrogen (secondary N) is 2. The van der Waals surface area contributed by atoms with Crippen LogP contribution in [0.25, 0.3) is 0 Å². The van der Waals surface area contributed by atoms with Crippen molar-refractivity contribution in [3.8, 4) is 0 Å². The summed E-state index contributed by atoms with van der Waals surface area (Å²) in [7, 11) is 0. The number of hydrogen-bond acceptors (Lipinski definition) is 3. The average Bonchev–Trinajstić information content (AvgIpc) is 3.18. The van der Waals surface area contributed by atoms with Crippen LogP contribution in [0.4, 0.5) is 5.69 Å². The molecule has 0 spiro atoms. The van der Waals surface area contributed by atoms with Crippen molar-refractivity contribution in [1.82, 2.24) is 5.32 Å². The molecular formula is C16H18N2O2. The van der Waals surface area contributed by atoms with Crippen molar-refractivity contribution in [3.63, 3.8) is 0 Å². The lowest BCUT2D eigenvalue weighted by Gasteiger charge is -2.06. The second kappa shape index (κ2) is 5.51. The fourth-order valence-corrected chi connectivity index (χ4v) is 2.02. The van der Waals surface area contributed by atoms with Crippen LogP contribution >= 0.6 is 0 Å². The Bertz CT molecular complexity index is 597. The number of carbonyl (C=O) groups excluding carboxylic acids is 1. The van der Waals surface area contributed by atoms with Gasteiger partial charge in [0.25, 0.3) is 5.91 Å². The van der Waals surface area contributed by atoms with Crippen LogP contribution in [0.2, 0.25) is 0 Å². The van der Waals surface area contributed by atoms with Gasteiger partial charge < -0.3 is 15.1 Å². The molecule has 1 aromatic heterocycles. The van der Waals surface area contributed by atoms with Crippen LogP contribution in [-0.2, 0) is 6.54 Å². The van der Waals surface area contributed by atoms with Gasteiger partial charge in [-0.15, -0.1) is 0 Å². The summed E-state index contributed by atoms with van der Waals surface area (Å²) in [4.78, 5) is 12.0. The van der Waals surface area contributed by atoms with Gasteiger partial charge in [-0.25, -0.2) is 0 Å². The number of benzene rings is 1. The predicted molar refractivity (Wildman–Crippen MR) is 77.7 cm³/mol. The van der Waals surface area contributed by atoms with E-state index in [4.69, 9.17) is 4.42 Å². The molecule has 4 heteroatoms. The minimum atomic E-state index is -0.147. The van der Waals surface area contributed by atoms with Crippen LogP contribution in [0.15, 0.2) is 41.0 Å². The number of anilines is 1. The molecule has 1 saturated carbocycles. The third-order valence-corrected chi connectivity index (χ3v) is 3.38. The van der Waals surface area contributed by atoms with Gasteiger partial charge in [-0.3, -0.25) is 4.79 Å². The molecule has 1 aliphatic rings. The van der Waals surface area contributed by atoms with Crippen molar-refractivity contribution in [1.29, 1.82) is 0 Å². The van der Waals surface area contributed by atoms with E-state index in [2.05, 4.69) is 10.6 Å². The Hall–Kier alpha value is -2.07. The SMILES string of the molecule is Cc1cc(C(=O)Nc2ccc(CNC3CC3)cc2)co1. The first-order valence-electron chi connectivity index (χ1n) is 6.89. The molecule has 20 heavy (non-hydrogen) atoms. The highest BCUT2D eigenvalue weighted by Gasteiger charge is 2.19. The highest BCUT2D eigenvalue weighted by Crippen LogP contribution is 2.19. The molecule has 1 aliphatic carbocycles. The van der Waals surface area contributed by atoms with Crippen LogP contribution in [0.1, 0.15) is 34.5 Å². The van der Waals surface area contributed by atoms with E-state index in [1.165, 1.54) is 24.7 Å². The zero-order valence-electron chi connectivity index (χ0n) is 11.5. The number of aryl methyl sites for hydroxylation is 1. The topological polar surface area (TPSA) is 54.3 Å². The number of carbonyl (C=O) groups is 1. The zero-order valence-corrected chi connectivity index (χ0v) is 11.5. The van der Waals surface area contributed by atoms with Crippen molar-refractivity contribution in [3.05, 3.63) is 53.5 Å². The lowest BCUT2D eigenvalue weighted by Crippen LogP contribution is -2.15. The molecule has 0 saturated heterocycles. The van der Waals surface area contributed by atoms with E-state index in [9.17, 15) is 4.79 Å². The second-order valence-corrected chi connectivity index (χ2v) is 5.25. The number of rotatable bonds is 5. The molecule has 1 heterocycles. The maximum Gasteiger partial charge on any atom is 0.258 e. The van der Waals surface area contributed by atoms with E-state index in [1.54, 1.807) is 6.07 Å². The van der Waals surface area contributed by atoms with Gasteiger partial charge in [0.1, 0.15) is 12.0 Å². The van der Waals surface area contributed by atoms with Gasteiger partial charge in [0.05, 0.1) is 5.56 Å². The molecule has 0 bridgehead atoms. The van der Waals surface area contributed by atoms with Crippen molar-refractivity contribution in [2.75, 3.05) is 5.32 Å². The third kappa shape index (κ3) is 3.27. The van der Waals surface area contributed by atoms with Crippen molar-refractivity contribution < 1.29 is 9.21 Å². The molecule has 0 unspecified atom stereocenters. The standard InChI is InChI=1S/C16H18N2O2/c1-11-8-13(10-20-11)16(19)18-15-4-2-12(3-5-15)9-17-14-6-7-14/h2-5,8,10,14,17H,6-7,9H2,1H3,(H,18,19). The van der Waals surface area contributed by atoms with Crippen molar-refractivity contribution >= 4 is 11.6 Å². The predicted octanol–water partition coefficient (Wildman–Crippen LogP) is 3.09. The lowest BCUT2D eigenvalue weighted by molar-refractivity contribution is 0.102. The van der Waals surface area contributed by atoms with E-state index >= 15 is 0 Å². The molecule has 4 nitrogen and oxygen atoms in total. The number of amides is 1. The van der Waals surface area contributed by atoms with Gasteiger partial charge in [0.2, 0.25) is 0 Å². The number of hydrogen-bond donors (Lipinski definition) is 2. The summed E-state index contributed by atoms with van der Waals surface area (Å²) in [6.45, 7) is 2.71. The monoisotopic (exact) mass is 270 g/mol. The summed E-state index contributed by atoms with van der Waals surface area (Å²) in [6, 6.07) is 10.3. The van der Waals surface area contributed by atoms with E-state index in [-0.39, 0.29) is 5.91 Å². The van der Waals surface area contributed by atoms with Crippen molar-refractivity contribution in [2.45, 2.75) is 32.4 Å². The molecule has 0 atom stereocenters. The van der Waals surface area contributed by atoms with Crippen molar-refractivity contribution in [2.24, 2.45) is 0 Å². The lowest BCUT2D eigenvalue weighted by atomic mass is 10.2. The molecule has 3 rings (SSSR count). The smallest absolute Gasteiger partial charge is 0.258 e. The van der Waals surface area contributed by atoms with E-state index < -0.39 is 0 Å². The van der Waals surface area contributed by atoms with Gasteiger partial charge in [-0.2, -0.15) is 0 Å². The molecular weight excluding hydrogens is 252 g/mol. The highest BCUT2D eigenvalue weighted by molar-refractivity contribution is 6.04. The summed E-state index contributed by atoms with van der Waals surface area (Å²) < 4.78 is 5.13. The Labute approximate surface area is 118 Å². The summed E-state index contributed by atoms with van der Waals surface area (Å²) in [5.41, 5.74) is 2.57. The summed E-state index contributed by atoms with van der Waals surface area (Å²) in [6.07, 6.45) is 4.05. The zero-order chi connectivity index (χ0) is 13.9. The first-order valence-corrected chi connectivity index (χ1v) is 6.89. The van der Waals surface area contributed by atoms with Crippen LogP contribution in [-0.4, -0.2) is 11.9 Å². The third-order valence-electron chi connectivity index (χ3n) is 3.38. The second-order valence-electron chi connectivity index (χ2n) is 5.25. The van der Waals surface area contributed by atoms with Crippen LogP contribution in [0.5, 0.6) is 0 Å². The first-order chi connectivity index (χ1) is 9.70. The Balaban J connectivity index is 1.58. The Morgan fingerprint density at radius 1 is 1.30 bits per heavy atom.